The molecule has 11 heteroatoms. The van der Waals surface area contributed by atoms with Gasteiger partial charge in [-0.1, -0.05) is 0 Å². The number of nitrogens with zero attached hydrogens (tertiary/aromatic N) is 3. The average molecular weight is 358 g/mol. The van der Waals surface area contributed by atoms with Crippen molar-refractivity contribution in [3.05, 3.63) is 11.5 Å². The zero-order chi connectivity index (χ0) is 18.1. The van der Waals surface area contributed by atoms with E-state index in [1.807, 2.05) is 0 Å². The third kappa shape index (κ3) is 3.21. The third-order valence-electron chi connectivity index (χ3n) is 4.53. The van der Waals surface area contributed by atoms with Crippen LogP contribution in [0.5, 0.6) is 0 Å². The van der Waals surface area contributed by atoms with Gasteiger partial charge < -0.3 is 40.7 Å². The van der Waals surface area contributed by atoms with E-state index in [1.54, 1.807) is 9.80 Å². The molecule has 140 valence electrons. The van der Waals surface area contributed by atoms with Crippen molar-refractivity contribution in [1.82, 2.24) is 9.80 Å². The van der Waals surface area contributed by atoms with Gasteiger partial charge in [-0.05, 0) is 12.8 Å². The van der Waals surface area contributed by atoms with E-state index in [0.717, 1.165) is 0 Å². The summed E-state index contributed by atoms with van der Waals surface area (Å²) in [4.78, 5) is 19.9. The first-order chi connectivity index (χ1) is 12.0. The number of amides is 1. The Balaban J connectivity index is 1.86. The Bertz CT molecular complexity index is 596. The maximum absolute atomic E-state index is 12.4. The second-order valence-corrected chi connectivity index (χ2v) is 6.25. The Hall–Kier alpha value is -1.76. The molecule has 0 aliphatic carbocycles. The number of unbranched alkanes of at least 4 members (excludes halogenated alkanes) is 1. The van der Waals surface area contributed by atoms with Crippen molar-refractivity contribution in [3.63, 3.8) is 0 Å². The zero-order valence-electron chi connectivity index (χ0n) is 13.7. The smallest absolute Gasteiger partial charge is 0.370 e. The maximum atomic E-state index is 12.4. The van der Waals surface area contributed by atoms with Crippen LogP contribution >= 0.6 is 0 Å². The highest BCUT2D eigenvalue weighted by molar-refractivity contribution is 5.94. The van der Waals surface area contributed by atoms with Gasteiger partial charge in [-0.25, -0.2) is 10.1 Å². The van der Waals surface area contributed by atoms with Crippen LogP contribution in [0.15, 0.2) is 16.5 Å². The summed E-state index contributed by atoms with van der Waals surface area (Å²) in [5.41, 5.74) is 6.04. The van der Waals surface area contributed by atoms with E-state index >= 15 is 0 Å². The quantitative estimate of drug-likeness (QED) is 0.256. The lowest BCUT2D eigenvalue weighted by molar-refractivity contribution is -0.452. The SMILES string of the molecule is NC1=NC2=C(C(=O)[NH2+]1)N(CCCCO)CN2[C@@H]1O[C@H](CO)[C@@H](O)[C@H]1O. The lowest BCUT2D eigenvalue weighted by atomic mass is 10.1. The number of hydrogen-bond acceptors (Lipinski definition) is 10. The molecule has 0 unspecified atom stereocenters. The third-order valence-corrected chi connectivity index (χ3v) is 4.53. The molecule has 0 spiro atoms. The maximum Gasteiger partial charge on any atom is 0.370 e. The molecule has 0 bridgehead atoms. The molecule has 1 saturated heterocycles. The van der Waals surface area contributed by atoms with Crippen molar-refractivity contribution in [2.24, 2.45) is 10.7 Å². The van der Waals surface area contributed by atoms with E-state index < -0.39 is 31.1 Å². The molecule has 11 nitrogen and oxygen atoms in total. The zero-order valence-corrected chi connectivity index (χ0v) is 13.7. The number of aliphatic hydroxyl groups excluding tert-OH is 4. The minimum Gasteiger partial charge on any atom is -0.396 e. The standard InChI is InChI=1S/C14H23N5O6/c15-14-16-11-8(12(24)17-14)18(3-1-2-4-20)6-19(11)13-10(23)9(22)7(5-21)25-13/h7,9-10,13,20-23H,1-6H2,(H3,15,16,17,24)/p+1/t7-,9-,10-,13-/m1/s1. The average Bonchev–Trinajstić information content (AvgIpc) is 3.06. The molecule has 0 aromatic carbocycles. The highest BCUT2D eigenvalue weighted by Crippen LogP contribution is 2.33. The van der Waals surface area contributed by atoms with E-state index in [-0.39, 0.29) is 31.0 Å². The van der Waals surface area contributed by atoms with Crippen LogP contribution in [-0.2, 0) is 9.53 Å². The van der Waals surface area contributed by atoms with Crippen molar-refractivity contribution in [1.29, 1.82) is 0 Å². The van der Waals surface area contributed by atoms with Crippen LogP contribution in [0.1, 0.15) is 12.8 Å². The summed E-state index contributed by atoms with van der Waals surface area (Å²) in [6, 6.07) is 0. The van der Waals surface area contributed by atoms with Crippen LogP contribution in [0.4, 0.5) is 0 Å². The molecular weight excluding hydrogens is 334 g/mol. The van der Waals surface area contributed by atoms with Gasteiger partial charge in [0.05, 0.1) is 13.3 Å². The number of aliphatic hydroxyl groups is 4. The normalized spacial score (nSPS) is 32.5. The first kappa shape index (κ1) is 18.0. The summed E-state index contributed by atoms with van der Waals surface area (Å²) >= 11 is 0. The van der Waals surface area contributed by atoms with Gasteiger partial charge in [-0.15, -0.1) is 0 Å². The molecule has 3 rings (SSSR count). The minimum atomic E-state index is -1.26. The monoisotopic (exact) mass is 358 g/mol. The summed E-state index contributed by atoms with van der Waals surface area (Å²) in [7, 11) is 0. The van der Waals surface area contributed by atoms with Crippen LogP contribution in [0.25, 0.3) is 0 Å². The molecule has 3 aliphatic rings. The molecule has 0 radical (unpaired) electrons. The largest absolute Gasteiger partial charge is 0.396 e. The lowest BCUT2D eigenvalue weighted by Crippen LogP contribution is -2.95. The van der Waals surface area contributed by atoms with Crippen LogP contribution in [0.3, 0.4) is 0 Å². The van der Waals surface area contributed by atoms with Crippen LogP contribution in [0, 0.1) is 0 Å². The first-order valence-electron chi connectivity index (χ1n) is 8.20. The minimum absolute atomic E-state index is 0.0534. The summed E-state index contributed by atoms with van der Waals surface area (Å²) in [5, 5.41) is 39.7. The fourth-order valence-electron chi connectivity index (χ4n) is 3.28. The fraction of sp³-hybridized carbons (Fsp3) is 0.714. The molecule has 8 N–H and O–H groups in total. The predicted molar refractivity (Wildman–Crippen MR) is 83.1 cm³/mol. The van der Waals surface area contributed by atoms with Gasteiger partial charge in [-0.2, -0.15) is 4.99 Å². The summed E-state index contributed by atoms with van der Waals surface area (Å²) < 4.78 is 5.56. The van der Waals surface area contributed by atoms with Gasteiger partial charge in [0.1, 0.15) is 18.3 Å². The number of carbonyl (C=O) groups is 1. The van der Waals surface area contributed by atoms with Gasteiger partial charge in [-0.3, -0.25) is 0 Å². The number of quaternary nitrogens is 1. The molecule has 25 heavy (non-hydrogen) atoms. The Morgan fingerprint density at radius 3 is 2.68 bits per heavy atom. The van der Waals surface area contributed by atoms with Gasteiger partial charge in [0, 0.05) is 13.2 Å². The van der Waals surface area contributed by atoms with Crippen molar-refractivity contribution in [2.45, 2.75) is 37.4 Å². The predicted octanol–water partition coefficient (Wildman–Crippen LogP) is -4.64. The number of guanidine groups is 1. The summed E-state index contributed by atoms with van der Waals surface area (Å²) in [5.74, 6) is 0.0438. The highest BCUT2D eigenvalue weighted by Gasteiger charge is 2.50. The molecule has 0 saturated carbocycles. The second-order valence-electron chi connectivity index (χ2n) is 6.25. The van der Waals surface area contributed by atoms with E-state index in [0.29, 0.717) is 25.1 Å². The van der Waals surface area contributed by atoms with Gasteiger partial charge >= 0.3 is 11.9 Å². The number of nitrogens with two attached hydrogens (primary N) is 2. The number of aliphatic imine (C=N–C) groups is 1. The number of ether oxygens (including phenoxy) is 1. The van der Waals surface area contributed by atoms with E-state index in [9.17, 15) is 20.1 Å². The molecule has 0 aromatic rings. The van der Waals surface area contributed by atoms with Gasteiger partial charge in [0.25, 0.3) is 0 Å². The second kappa shape index (κ2) is 7.23. The highest BCUT2D eigenvalue weighted by atomic mass is 16.6. The molecular formula is C14H24N5O6+. The van der Waals surface area contributed by atoms with Crippen molar-refractivity contribution in [2.75, 3.05) is 26.4 Å². The number of carbonyl (C=O) groups excluding carboxylic acids is 1. The van der Waals surface area contributed by atoms with E-state index in [2.05, 4.69) is 4.99 Å². The summed E-state index contributed by atoms with van der Waals surface area (Å²) in [6.45, 7) is 0.356. The number of rotatable bonds is 6. The molecule has 3 aliphatic heterocycles. The van der Waals surface area contributed by atoms with Crippen LogP contribution in [-0.4, -0.2) is 93.1 Å². The Morgan fingerprint density at radius 1 is 1.28 bits per heavy atom. The van der Waals surface area contributed by atoms with E-state index in [1.165, 1.54) is 5.32 Å². The lowest BCUT2D eigenvalue weighted by Gasteiger charge is -2.29. The summed E-state index contributed by atoms with van der Waals surface area (Å²) in [6.07, 6.45) is -3.11. The number of primary amides is 1. The topological polar surface area (TPSA) is 169 Å². The fourth-order valence-corrected chi connectivity index (χ4v) is 3.28. The van der Waals surface area contributed by atoms with Crippen molar-refractivity contribution >= 4 is 11.9 Å². The van der Waals surface area contributed by atoms with Gasteiger partial charge in [0.15, 0.2) is 17.7 Å². The van der Waals surface area contributed by atoms with Crippen LogP contribution < -0.4 is 11.1 Å². The molecule has 0 aromatic heterocycles. The van der Waals surface area contributed by atoms with E-state index in [4.69, 9.17) is 15.6 Å². The molecule has 1 amide bonds. The Labute approximate surface area is 144 Å². The van der Waals surface area contributed by atoms with Crippen molar-refractivity contribution in [3.8, 4) is 0 Å². The first-order valence-corrected chi connectivity index (χ1v) is 8.20. The van der Waals surface area contributed by atoms with Gasteiger partial charge in [0.2, 0.25) is 0 Å². The molecule has 1 fully saturated rings. The Morgan fingerprint density at radius 2 is 2.04 bits per heavy atom. The van der Waals surface area contributed by atoms with Crippen LogP contribution in [0.2, 0.25) is 0 Å². The molecule has 4 atom stereocenters. The Kier molecular flexibility index (Phi) is 5.22. The van der Waals surface area contributed by atoms with Crippen molar-refractivity contribution < 1.29 is 35.3 Å². The number of hydrogen-bond donors (Lipinski definition) is 6. The molecule has 3 heterocycles.